The van der Waals surface area contributed by atoms with Crippen LogP contribution in [-0.2, 0) is 14.3 Å². The van der Waals surface area contributed by atoms with E-state index in [-0.39, 0.29) is 5.91 Å². The van der Waals surface area contributed by atoms with Gasteiger partial charge in [0.1, 0.15) is 0 Å². The third kappa shape index (κ3) is 4.24. The quantitative estimate of drug-likeness (QED) is 0.561. The molecular formula is C15H22N2O3. The first-order valence-corrected chi connectivity index (χ1v) is 7.31. The Morgan fingerprint density at radius 1 is 1.20 bits per heavy atom. The zero-order valence-electron chi connectivity index (χ0n) is 12.1. The third-order valence-electron chi connectivity index (χ3n) is 3.70. The number of nitrogens with zero attached hydrogens (tertiary/aromatic N) is 2. The van der Waals surface area contributed by atoms with Crippen LogP contribution in [0, 0.1) is 11.8 Å². The normalized spacial score (nSPS) is 23.4. The van der Waals surface area contributed by atoms with E-state index < -0.39 is 12.1 Å². The van der Waals surface area contributed by atoms with Gasteiger partial charge in [0.2, 0.25) is 0 Å². The molecule has 2 aliphatic rings. The van der Waals surface area contributed by atoms with Crippen LogP contribution in [0.15, 0.2) is 0 Å². The van der Waals surface area contributed by atoms with Crippen LogP contribution in [0.4, 0.5) is 0 Å². The second-order valence-corrected chi connectivity index (χ2v) is 5.34. The van der Waals surface area contributed by atoms with Crippen molar-refractivity contribution in [2.75, 3.05) is 32.7 Å². The molecule has 0 aromatic rings. The fraction of sp³-hybridized carbons (Fsp3) is 0.733. The van der Waals surface area contributed by atoms with Gasteiger partial charge in [-0.2, -0.15) is 0 Å². The summed E-state index contributed by atoms with van der Waals surface area (Å²) < 4.78 is 4.97. The Morgan fingerprint density at radius 2 is 1.90 bits per heavy atom. The van der Waals surface area contributed by atoms with Crippen LogP contribution in [0.5, 0.6) is 0 Å². The lowest BCUT2D eigenvalue weighted by atomic mass is 10.1. The van der Waals surface area contributed by atoms with Crippen molar-refractivity contribution in [3.8, 4) is 11.8 Å². The van der Waals surface area contributed by atoms with E-state index in [0.717, 1.165) is 19.6 Å². The molecule has 0 radical (unpaired) electrons. The highest BCUT2D eigenvalue weighted by Crippen LogP contribution is 2.14. The molecule has 0 bridgehead atoms. The fourth-order valence-corrected chi connectivity index (χ4v) is 2.61. The van der Waals surface area contributed by atoms with Gasteiger partial charge in [-0.1, -0.05) is 18.3 Å². The maximum Gasteiger partial charge on any atom is 0.303 e. The van der Waals surface area contributed by atoms with Gasteiger partial charge in [-0.25, -0.2) is 0 Å². The van der Waals surface area contributed by atoms with Gasteiger partial charge in [-0.05, 0) is 25.9 Å². The number of amides is 1. The van der Waals surface area contributed by atoms with Gasteiger partial charge in [0, 0.05) is 19.9 Å². The van der Waals surface area contributed by atoms with E-state index in [1.165, 1.54) is 26.2 Å². The lowest BCUT2D eigenvalue weighted by molar-refractivity contribution is -0.154. The molecule has 1 atom stereocenters. The largest absolute Gasteiger partial charge is 0.452 e. The van der Waals surface area contributed by atoms with Gasteiger partial charge in [-0.3, -0.25) is 14.5 Å². The lowest BCUT2D eigenvalue weighted by Crippen LogP contribution is -2.32. The Morgan fingerprint density at radius 3 is 2.60 bits per heavy atom. The molecule has 2 saturated heterocycles. The monoisotopic (exact) mass is 278 g/mol. The van der Waals surface area contributed by atoms with Crippen LogP contribution in [0.2, 0.25) is 0 Å². The summed E-state index contributed by atoms with van der Waals surface area (Å²) in [5.74, 6) is 5.66. The average molecular weight is 278 g/mol. The second kappa shape index (κ2) is 7.30. The molecule has 0 aromatic heterocycles. The number of likely N-dealkylation sites (tertiary alicyclic amines) is 2. The van der Waals surface area contributed by atoms with E-state index in [1.807, 2.05) is 0 Å². The SMILES string of the molecule is CC(=O)O[C@@H]1CCN(CC#CCN2CCCCC2)C1=O. The van der Waals surface area contributed by atoms with Crippen molar-refractivity contribution in [3.63, 3.8) is 0 Å². The number of carbonyl (C=O) groups is 2. The third-order valence-corrected chi connectivity index (χ3v) is 3.70. The van der Waals surface area contributed by atoms with E-state index in [2.05, 4.69) is 16.7 Å². The van der Waals surface area contributed by atoms with E-state index in [4.69, 9.17) is 4.74 Å². The number of hydrogen-bond acceptors (Lipinski definition) is 4. The van der Waals surface area contributed by atoms with Crippen molar-refractivity contribution in [3.05, 3.63) is 0 Å². The number of piperidine rings is 1. The lowest BCUT2D eigenvalue weighted by Gasteiger charge is -2.23. The highest BCUT2D eigenvalue weighted by molar-refractivity contribution is 5.85. The Hall–Kier alpha value is -1.54. The first kappa shape index (κ1) is 14.9. The summed E-state index contributed by atoms with van der Waals surface area (Å²) in [5.41, 5.74) is 0. The van der Waals surface area contributed by atoms with Crippen LogP contribution in [0.3, 0.4) is 0 Å². The summed E-state index contributed by atoms with van der Waals surface area (Å²) in [4.78, 5) is 26.8. The minimum atomic E-state index is -0.601. The Kier molecular flexibility index (Phi) is 5.42. The second-order valence-electron chi connectivity index (χ2n) is 5.34. The fourth-order valence-electron chi connectivity index (χ4n) is 2.61. The van der Waals surface area contributed by atoms with Crippen LogP contribution in [0.1, 0.15) is 32.6 Å². The van der Waals surface area contributed by atoms with Crippen LogP contribution >= 0.6 is 0 Å². The Labute approximate surface area is 120 Å². The zero-order chi connectivity index (χ0) is 14.4. The van der Waals surface area contributed by atoms with Gasteiger partial charge in [-0.15, -0.1) is 0 Å². The van der Waals surface area contributed by atoms with Gasteiger partial charge in [0.05, 0.1) is 13.1 Å². The molecule has 0 spiro atoms. The smallest absolute Gasteiger partial charge is 0.303 e. The number of rotatable bonds is 3. The topological polar surface area (TPSA) is 49.9 Å². The summed E-state index contributed by atoms with van der Waals surface area (Å²) in [5, 5.41) is 0. The molecule has 0 N–H and O–H groups in total. The molecule has 5 nitrogen and oxygen atoms in total. The van der Waals surface area contributed by atoms with Gasteiger partial charge in [0.15, 0.2) is 6.10 Å². The molecule has 0 unspecified atom stereocenters. The predicted molar refractivity (Wildman–Crippen MR) is 74.8 cm³/mol. The number of ether oxygens (including phenoxy) is 1. The molecule has 2 heterocycles. The molecule has 0 aliphatic carbocycles. The maximum atomic E-state index is 11.9. The van der Waals surface area contributed by atoms with Gasteiger partial charge >= 0.3 is 5.97 Å². The van der Waals surface area contributed by atoms with E-state index in [1.54, 1.807) is 4.90 Å². The number of esters is 1. The van der Waals surface area contributed by atoms with Crippen molar-refractivity contribution < 1.29 is 14.3 Å². The Bertz CT molecular complexity index is 419. The van der Waals surface area contributed by atoms with Crippen molar-refractivity contribution in [1.29, 1.82) is 0 Å². The van der Waals surface area contributed by atoms with E-state index in [9.17, 15) is 9.59 Å². The molecule has 110 valence electrons. The first-order valence-electron chi connectivity index (χ1n) is 7.31. The minimum Gasteiger partial charge on any atom is -0.452 e. The molecule has 2 aliphatic heterocycles. The highest BCUT2D eigenvalue weighted by Gasteiger charge is 2.33. The molecule has 0 saturated carbocycles. The molecule has 20 heavy (non-hydrogen) atoms. The van der Waals surface area contributed by atoms with Crippen molar-refractivity contribution >= 4 is 11.9 Å². The molecule has 1 amide bonds. The Balaban J connectivity index is 1.72. The van der Waals surface area contributed by atoms with Crippen molar-refractivity contribution in [2.45, 2.75) is 38.7 Å². The summed E-state index contributed by atoms with van der Waals surface area (Å²) in [6.45, 7) is 5.43. The number of hydrogen-bond donors (Lipinski definition) is 0. The van der Waals surface area contributed by atoms with E-state index >= 15 is 0 Å². The highest BCUT2D eigenvalue weighted by atomic mass is 16.5. The standard InChI is InChI=1S/C15H22N2O3/c1-13(18)20-14-7-12-17(15(14)19)11-6-5-10-16-8-3-2-4-9-16/h14H,2-4,7-12H2,1H3/t14-/m1/s1. The molecule has 5 heteroatoms. The van der Waals surface area contributed by atoms with Crippen molar-refractivity contribution in [2.24, 2.45) is 0 Å². The number of carbonyl (C=O) groups excluding carboxylic acids is 2. The predicted octanol–water partition coefficient (Wildman–Crippen LogP) is 0.640. The summed E-state index contributed by atoms with van der Waals surface area (Å²) in [6.07, 6.45) is 3.82. The van der Waals surface area contributed by atoms with Crippen LogP contribution in [-0.4, -0.2) is 60.5 Å². The average Bonchev–Trinajstić information content (AvgIpc) is 2.77. The maximum absolute atomic E-state index is 11.9. The molecule has 0 aromatic carbocycles. The molecular weight excluding hydrogens is 256 g/mol. The van der Waals surface area contributed by atoms with Gasteiger partial charge in [0.25, 0.3) is 5.91 Å². The molecule has 2 fully saturated rings. The van der Waals surface area contributed by atoms with E-state index in [0.29, 0.717) is 19.5 Å². The van der Waals surface area contributed by atoms with Gasteiger partial charge < -0.3 is 9.64 Å². The van der Waals surface area contributed by atoms with Crippen molar-refractivity contribution in [1.82, 2.24) is 9.80 Å². The van der Waals surface area contributed by atoms with Crippen LogP contribution < -0.4 is 0 Å². The minimum absolute atomic E-state index is 0.118. The molecule has 2 rings (SSSR count). The van der Waals surface area contributed by atoms with Crippen LogP contribution in [0.25, 0.3) is 0 Å². The summed E-state index contributed by atoms with van der Waals surface area (Å²) in [7, 11) is 0. The summed E-state index contributed by atoms with van der Waals surface area (Å²) in [6, 6.07) is 0. The zero-order valence-corrected chi connectivity index (χ0v) is 12.1. The first-order chi connectivity index (χ1) is 9.66. The summed E-state index contributed by atoms with van der Waals surface area (Å²) >= 11 is 0.